The second-order valence-electron chi connectivity index (χ2n) is 2.53. The Balaban J connectivity index is 2.93. The highest BCUT2D eigenvalue weighted by atomic mass is 19.1. The van der Waals surface area contributed by atoms with E-state index in [9.17, 15) is 9.18 Å². The van der Waals surface area contributed by atoms with Crippen LogP contribution >= 0.6 is 0 Å². The number of hydrogen-bond acceptors (Lipinski definition) is 2. The average molecular weight is 168 g/mol. The largest absolute Gasteiger partial charge is 0.424 e. The summed E-state index contributed by atoms with van der Waals surface area (Å²) in [4.78, 5) is 10.5. The summed E-state index contributed by atoms with van der Waals surface area (Å²) >= 11 is 0. The quantitative estimate of drug-likeness (QED) is 0.474. The molecule has 0 heterocycles. The van der Waals surface area contributed by atoms with Crippen molar-refractivity contribution in [2.75, 3.05) is 0 Å². The molecule has 1 aromatic carbocycles. The number of aryl methyl sites for hydroxylation is 1. The van der Waals surface area contributed by atoms with Crippen LogP contribution in [0, 0.1) is 12.7 Å². The minimum Gasteiger partial charge on any atom is -0.424 e. The standard InChI is InChI=1S/C9H9FO2/c1-6-3-4-9(8(10)5-6)12-7(2)11/h3-5H,1-2H3. The maximum atomic E-state index is 12.9. The Morgan fingerprint density at radius 3 is 2.67 bits per heavy atom. The van der Waals surface area contributed by atoms with Gasteiger partial charge in [0.05, 0.1) is 0 Å². The molecule has 0 bridgehead atoms. The summed E-state index contributed by atoms with van der Waals surface area (Å²) in [7, 11) is 0. The molecule has 0 spiro atoms. The van der Waals surface area contributed by atoms with Crippen molar-refractivity contribution in [2.45, 2.75) is 13.8 Å². The molecule has 3 heteroatoms. The number of carbonyl (C=O) groups is 1. The molecule has 0 aliphatic rings. The fourth-order valence-electron chi connectivity index (χ4n) is 0.843. The van der Waals surface area contributed by atoms with Gasteiger partial charge in [-0.25, -0.2) is 4.39 Å². The number of ether oxygens (including phenoxy) is 1. The van der Waals surface area contributed by atoms with Gasteiger partial charge in [-0.2, -0.15) is 0 Å². The molecule has 0 amide bonds. The topological polar surface area (TPSA) is 26.3 Å². The zero-order valence-corrected chi connectivity index (χ0v) is 6.93. The number of halogens is 1. The summed E-state index contributed by atoms with van der Waals surface area (Å²) in [5.74, 6) is -1.05. The van der Waals surface area contributed by atoms with Crippen molar-refractivity contribution < 1.29 is 13.9 Å². The molecule has 12 heavy (non-hydrogen) atoms. The van der Waals surface area contributed by atoms with Gasteiger partial charge >= 0.3 is 5.97 Å². The number of esters is 1. The second kappa shape index (κ2) is 3.34. The molecule has 0 saturated carbocycles. The van der Waals surface area contributed by atoms with Crippen molar-refractivity contribution in [2.24, 2.45) is 0 Å². The Hall–Kier alpha value is -1.38. The molecule has 1 aromatic rings. The van der Waals surface area contributed by atoms with E-state index < -0.39 is 11.8 Å². The van der Waals surface area contributed by atoms with Crippen LogP contribution in [0.1, 0.15) is 12.5 Å². The summed E-state index contributed by atoms with van der Waals surface area (Å²) < 4.78 is 17.5. The highest BCUT2D eigenvalue weighted by Crippen LogP contribution is 2.17. The Kier molecular flexibility index (Phi) is 2.43. The van der Waals surface area contributed by atoms with E-state index in [0.717, 1.165) is 5.56 Å². The second-order valence-corrected chi connectivity index (χ2v) is 2.53. The maximum Gasteiger partial charge on any atom is 0.308 e. The van der Waals surface area contributed by atoms with Crippen molar-refractivity contribution >= 4 is 5.97 Å². The third-order valence-corrected chi connectivity index (χ3v) is 1.34. The molecule has 1 rings (SSSR count). The van der Waals surface area contributed by atoms with Gasteiger partial charge in [-0.05, 0) is 24.6 Å². The van der Waals surface area contributed by atoms with E-state index in [0.29, 0.717) is 0 Å². The van der Waals surface area contributed by atoms with Gasteiger partial charge in [0.2, 0.25) is 0 Å². The number of benzene rings is 1. The smallest absolute Gasteiger partial charge is 0.308 e. The third-order valence-electron chi connectivity index (χ3n) is 1.34. The van der Waals surface area contributed by atoms with Crippen LogP contribution in [0.15, 0.2) is 18.2 Å². The van der Waals surface area contributed by atoms with Crippen molar-refractivity contribution in [3.63, 3.8) is 0 Å². The highest BCUT2D eigenvalue weighted by Gasteiger charge is 2.04. The zero-order chi connectivity index (χ0) is 9.14. The van der Waals surface area contributed by atoms with E-state index in [-0.39, 0.29) is 5.75 Å². The lowest BCUT2D eigenvalue weighted by molar-refractivity contribution is -0.132. The van der Waals surface area contributed by atoms with E-state index >= 15 is 0 Å². The Labute approximate surface area is 70.0 Å². The molecule has 0 aromatic heterocycles. The molecule has 2 nitrogen and oxygen atoms in total. The summed E-state index contributed by atoms with van der Waals surface area (Å²) in [5, 5.41) is 0. The van der Waals surface area contributed by atoms with E-state index in [1.165, 1.54) is 19.1 Å². The molecule has 0 N–H and O–H groups in total. The molecular weight excluding hydrogens is 159 g/mol. The van der Waals surface area contributed by atoms with Gasteiger partial charge in [0.15, 0.2) is 11.6 Å². The molecule has 0 atom stereocenters. The Bertz CT molecular complexity index is 307. The van der Waals surface area contributed by atoms with Crippen LogP contribution in [0.4, 0.5) is 4.39 Å². The SMILES string of the molecule is CC(=O)Oc1ccc(C)cc1F. The molecule has 0 fully saturated rings. The summed E-state index contributed by atoms with van der Waals surface area (Å²) in [5.41, 5.74) is 0.795. The summed E-state index contributed by atoms with van der Waals surface area (Å²) in [6.07, 6.45) is 0. The lowest BCUT2D eigenvalue weighted by Gasteiger charge is -2.02. The first-order chi connectivity index (χ1) is 5.59. The number of rotatable bonds is 1. The first-order valence-electron chi connectivity index (χ1n) is 3.54. The van der Waals surface area contributed by atoms with Crippen LogP contribution in [-0.4, -0.2) is 5.97 Å². The molecule has 0 aliphatic heterocycles. The van der Waals surface area contributed by atoms with Crippen molar-refractivity contribution in [1.82, 2.24) is 0 Å². The first-order valence-corrected chi connectivity index (χ1v) is 3.54. The van der Waals surface area contributed by atoms with Gasteiger partial charge in [-0.1, -0.05) is 6.07 Å². The first kappa shape index (κ1) is 8.71. The van der Waals surface area contributed by atoms with E-state index in [1.807, 2.05) is 0 Å². The van der Waals surface area contributed by atoms with Gasteiger partial charge in [-0.3, -0.25) is 4.79 Å². The fraction of sp³-hybridized carbons (Fsp3) is 0.222. The third kappa shape index (κ3) is 2.05. The Morgan fingerprint density at radius 1 is 1.50 bits per heavy atom. The van der Waals surface area contributed by atoms with Crippen LogP contribution in [0.25, 0.3) is 0 Å². The predicted octanol–water partition coefficient (Wildman–Crippen LogP) is 2.06. The van der Waals surface area contributed by atoms with Crippen LogP contribution in [-0.2, 0) is 4.79 Å². The maximum absolute atomic E-state index is 12.9. The van der Waals surface area contributed by atoms with Crippen molar-refractivity contribution in [1.29, 1.82) is 0 Å². The monoisotopic (exact) mass is 168 g/mol. The Morgan fingerprint density at radius 2 is 2.17 bits per heavy atom. The van der Waals surface area contributed by atoms with Crippen LogP contribution in [0.5, 0.6) is 5.75 Å². The van der Waals surface area contributed by atoms with E-state index in [4.69, 9.17) is 0 Å². The predicted molar refractivity (Wildman–Crippen MR) is 42.4 cm³/mol. The van der Waals surface area contributed by atoms with Crippen LogP contribution < -0.4 is 4.74 Å². The number of hydrogen-bond donors (Lipinski definition) is 0. The fourth-order valence-corrected chi connectivity index (χ4v) is 0.843. The van der Waals surface area contributed by atoms with Crippen molar-refractivity contribution in [3.8, 4) is 5.75 Å². The highest BCUT2D eigenvalue weighted by molar-refractivity contribution is 5.69. The lowest BCUT2D eigenvalue weighted by atomic mass is 10.2. The van der Waals surface area contributed by atoms with Gasteiger partial charge < -0.3 is 4.74 Å². The summed E-state index contributed by atoms with van der Waals surface area (Å²) in [6, 6.07) is 4.44. The zero-order valence-electron chi connectivity index (χ0n) is 6.93. The number of carbonyl (C=O) groups excluding carboxylic acids is 1. The molecule has 64 valence electrons. The van der Waals surface area contributed by atoms with Gasteiger partial charge in [-0.15, -0.1) is 0 Å². The minimum atomic E-state index is -0.516. The van der Waals surface area contributed by atoms with E-state index in [1.54, 1.807) is 13.0 Å². The molecule has 0 aliphatic carbocycles. The molecular formula is C9H9FO2. The minimum absolute atomic E-state index is 0.0203. The summed E-state index contributed by atoms with van der Waals surface area (Å²) in [6.45, 7) is 3.00. The lowest BCUT2D eigenvalue weighted by Crippen LogP contribution is -2.02. The van der Waals surface area contributed by atoms with E-state index in [2.05, 4.69) is 4.74 Å². The van der Waals surface area contributed by atoms with Crippen LogP contribution in [0.2, 0.25) is 0 Å². The van der Waals surface area contributed by atoms with Gasteiger partial charge in [0, 0.05) is 6.92 Å². The van der Waals surface area contributed by atoms with Gasteiger partial charge in [0.1, 0.15) is 0 Å². The van der Waals surface area contributed by atoms with Gasteiger partial charge in [0.25, 0.3) is 0 Å². The normalized spacial score (nSPS) is 9.58. The van der Waals surface area contributed by atoms with Crippen molar-refractivity contribution in [3.05, 3.63) is 29.6 Å². The molecule has 0 radical (unpaired) electrons. The average Bonchev–Trinajstić information content (AvgIpc) is 1.94. The molecule has 0 saturated heterocycles. The van der Waals surface area contributed by atoms with Crippen LogP contribution in [0.3, 0.4) is 0 Å². The molecule has 0 unspecified atom stereocenters.